The number of likely N-dealkylation sites (N-methyl/N-ethyl adjacent to an activating group) is 1. The van der Waals surface area contributed by atoms with Gasteiger partial charge in [-0.1, -0.05) is 17.6 Å². The van der Waals surface area contributed by atoms with Gasteiger partial charge in [0, 0.05) is 42.5 Å². The molecule has 0 saturated heterocycles. The van der Waals surface area contributed by atoms with Gasteiger partial charge in [0.1, 0.15) is 5.75 Å². The Morgan fingerprint density at radius 2 is 1.71 bits per heavy atom. The number of primary amides is 1. The van der Waals surface area contributed by atoms with Gasteiger partial charge >= 0.3 is 59.1 Å². The fraction of sp³-hybridized carbons (Fsp3) is 0.348. The van der Waals surface area contributed by atoms with E-state index in [9.17, 15) is 34.8 Å². The second-order valence-corrected chi connectivity index (χ2v) is 8.91. The number of nitrogens with two attached hydrogens (primary N) is 1. The number of carbonyl (C=O) groups is 3. The van der Waals surface area contributed by atoms with Crippen LogP contribution in [0, 0.1) is 5.92 Å². The molecule has 2 aromatic carbocycles. The molecule has 12 heteroatoms. The minimum atomic E-state index is -2.80. The van der Waals surface area contributed by atoms with E-state index >= 15 is 0 Å². The van der Waals surface area contributed by atoms with Gasteiger partial charge < -0.3 is 36.0 Å². The Morgan fingerprint density at radius 1 is 1.11 bits per heavy atom. The minimum Gasteiger partial charge on any atom is -0.874 e. The Morgan fingerprint density at radius 3 is 2.23 bits per heavy atom. The van der Waals surface area contributed by atoms with Gasteiger partial charge in [-0.25, -0.2) is 0 Å². The molecule has 0 fully saturated rings. The van der Waals surface area contributed by atoms with Gasteiger partial charge in [-0.2, -0.15) is 0 Å². The molecule has 0 saturated carbocycles. The van der Waals surface area contributed by atoms with Gasteiger partial charge in [-0.3, -0.25) is 14.4 Å². The number of hydrogen-bond donors (Lipinski definition) is 3. The molecular weight excluding hydrogens is 476 g/mol. The summed E-state index contributed by atoms with van der Waals surface area (Å²) in [6.45, 7) is 0. The van der Waals surface area contributed by atoms with Gasteiger partial charge in [0.2, 0.25) is 11.6 Å². The summed E-state index contributed by atoms with van der Waals surface area (Å²) in [5, 5.41) is 48.3. The fourth-order valence-corrected chi connectivity index (χ4v) is 5.12. The Kier molecular flexibility index (Phi) is 8.48. The SMILES string of the molecule is CN(C)c1ccc([O-])c2c(O)c3c(cc12)C[C@H]1[C@H](N(C)C)C([O-])=C(C(N)=O)C(=O)[C@@]1(O)C3=O.[Na+].[Na+]. The number of nitrogens with zero attached hydrogens (tertiary/aromatic N) is 2. The van der Waals surface area contributed by atoms with E-state index in [1.807, 2.05) is 0 Å². The number of benzene rings is 2. The molecule has 4 rings (SSSR count). The van der Waals surface area contributed by atoms with Crippen LogP contribution in [-0.2, 0) is 16.0 Å². The van der Waals surface area contributed by atoms with E-state index in [0.717, 1.165) is 0 Å². The van der Waals surface area contributed by atoms with Crippen molar-refractivity contribution in [2.24, 2.45) is 11.7 Å². The van der Waals surface area contributed by atoms with Crippen LogP contribution in [0.15, 0.2) is 29.5 Å². The molecule has 1 amide bonds. The van der Waals surface area contributed by atoms with Gasteiger partial charge in [-0.05, 0) is 38.2 Å². The molecule has 0 unspecified atom stereocenters. The number of phenols is 1. The molecule has 4 N–H and O–H groups in total. The monoisotopic (exact) mass is 499 g/mol. The number of amides is 1. The number of fused-ring (bicyclic) bond motifs is 3. The quantitative estimate of drug-likeness (QED) is 0.211. The van der Waals surface area contributed by atoms with Crippen molar-refractivity contribution in [1.82, 2.24) is 4.90 Å². The summed E-state index contributed by atoms with van der Waals surface area (Å²) in [6.07, 6.45) is -0.136. The van der Waals surface area contributed by atoms with E-state index < -0.39 is 57.9 Å². The summed E-state index contributed by atoms with van der Waals surface area (Å²) in [7, 11) is 6.54. The first-order chi connectivity index (χ1) is 15.3. The molecule has 0 heterocycles. The Balaban J connectivity index is 0.00000216. The summed E-state index contributed by atoms with van der Waals surface area (Å²) < 4.78 is 0. The first-order valence-electron chi connectivity index (χ1n) is 10.2. The molecular formula is C23H23N3Na2O7. The number of hydrogen-bond acceptors (Lipinski definition) is 9. The van der Waals surface area contributed by atoms with Crippen molar-refractivity contribution in [3.63, 3.8) is 0 Å². The molecule has 0 aromatic heterocycles. The zero-order valence-corrected chi connectivity index (χ0v) is 24.5. The maximum atomic E-state index is 13.6. The first kappa shape index (κ1) is 29.6. The van der Waals surface area contributed by atoms with Gasteiger partial charge in [0.15, 0.2) is 5.60 Å². The Labute approximate surface area is 246 Å². The smallest absolute Gasteiger partial charge is 0.874 e. The number of aromatic hydroxyl groups is 1. The summed E-state index contributed by atoms with van der Waals surface area (Å²) in [5.41, 5.74) is 2.00. The average Bonchev–Trinajstić information content (AvgIpc) is 2.70. The molecule has 3 atom stereocenters. The largest absolute Gasteiger partial charge is 1.00 e. The predicted molar refractivity (Wildman–Crippen MR) is 115 cm³/mol. The minimum absolute atomic E-state index is 0. The van der Waals surface area contributed by atoms with Crippen molar-refractivity contribution < 1.29 is 93.9 Å². The molecule has 0 spiro atoms. The number of Topliss-reactive ketones (excluding diaryl/α,β-unsaturated/α-hetero) is 2. The Bertz CT molecular complexity index is 1290. The molecule has 0 radical (unpaired) electrons. The number of ketones is 2. The molecule has 2 aliphatic rings. The van der Waals surface area contributed by atoms with E-state index in [2.05, 4.69) is 0 Å². The maximum absolute atomic E-state index is 13.6. The molecule has 0 bridgehead atoms. The third-order valence-corrected chi connectivity index (χ3v) is 6.60. The predicted octanol–water partition coefficient (Wildman–Crippen LogP) is -7.61. The second kappa shape index (κ2) is 10.0. The van der Waals surface area contributed by atoms with Crippen LogP contribution in [0.3, 0.4) is 0 Å². The van der Waals surface area contributed by atoms with Gasteiger partial charge in [-0.15, -0.1) is 0 Å². The van der Waals surface area contributed by atoms with E-state index in [1.165, 1.54) is 25.1 Å². The number of carbonyl (C=O) groups excluding carboxylic acids is 3. The van der Waals surface area contributed by atoms with Crippen molar-refractivity contribution in [1.29, 1.82) is 0 Å². The van der Waals surface area contributed by atoms with Crippen LogP contribution in [-0.4, -0.2) is 72.4 Å². The normalized spacial score (nSPS) is 23.4. The third-order valence-electron chi connectivity index (χ3n) is 6.60. The van der Waals surface area contributed by atoms with Crippen molar-refractivity contribution >= 4 is 33.9 Å². The van der Waals surface area contributed by atoms with E-state index in [-0.39, 0.29) is 82.0 Å². The van der Waals surface area contributed by atoms with Crippen LogP contribution < -0.4 is 80.0 Å². The van der Waals surface area contributed by atoms with Crippen LogP contribution in [0.4, 0.5) is 5.69 Å². The van der Waals surface area contributed by atoms with Crippen molar-refractivity contribution in [3.05, 3.63) is 40.7 Å². The van der Waals surface area contributed by atoms with Crippen molar-refractivity contribution in [2.75, 3.05) is 33.1 Å². The maximum Gasteiger partial charge on any atom is 1.00 e. The van der Waals surface area contributed by atoms with Gasteiger partial charge in [0.05, 0.1) is 11.1 Å². The van der Waals surface area contributed by atoms with Crippen molar-refractivity contribution in [2.45, 2.75) is 18.1 Å². The standard InChI is InChI=1S/C23H25N3O7.2Na/c1-25(2)12-5-6-13(27)15-10(12)7-9-8-11-17(26(3)4)19(29)16(22(24)32)21(31)23(11,33)20(30)14(9)18(15)28;;/h5-7,11,17,27-29,33H,8H2,1-4H3,(H2,24,32);;/q;2*+1/p-2/t11-,17-,23-;;/m0../s1. The second-order valence-electron chi connectivity index (χ2n) is 8.91. The van der Waals surface area contributed by atoms with E-state index in [0.29, 0.717) is 11.1 Å². The number of anilines is 1. The fourth-order valence-electron chi connectivity index (χ4n) is 5.12. The van der Waals surface area contributed by atoms with E-state index in [1.54, 1.807) is 31.1 Å². The van der Waals surface area contributed by atoms with Crippen LogP contribution >= 0.6 is 0 Å². The molecule has 2 aromatic rings. The molecule has 0 aliphatic heterocycles. The molecule has 35 heavy (non-hydrogen) atoms. The molecule has 174 valence electrons. The summed E-state index contributed by atoms with van der Waals surface area (Å²) >= 11 is 0. The summed E-state index contributed by atoms with van der Waals surface area (Å²) in [6, 6.07) is 3.21. The zero-order valence-electron chi connectivity index (χ0n) is 20.5. The van der Waals surface area contributed by atoms with Crippen LogP contribution in [0.1, 0.15) is 15.9 Å². The van der Waals surface area contributed by atoms with Crippen molar-refractivity contribution in [3.8, 4) is 11.5 Å². The van der Waals surface area contributed by atoms with Crippen LogP contribution in [0.2, 0.25) is 0 Å². The summed E-state index contributed by atoms with van der Waals surface area (Å²) in [4.78, 5) is 41.7. The molecule has 2 aliphatic carbocycles. The average molecular weight is 499 g/mol. The van der Waals surface area contributed by atoms with Crippen LogP contribution in [0.25, 0.3) is 10.8 Å². The third kappa shape index (κ3) is 4.10. The summed E-state index contributed by atoms with van der Waals surface area (Å²) in [5.74, 6) is -7.20. The Hall–Kier alpha value is -1.63. The van der Waals surface area contributed by atoms with Crippen LogP contribution in [0.5, 0.6) is 11.5 Å². The van der Waals surface area contributed by atoms with E-state index in [4.69, 9.17) is 5.73 Å². The zero-order chi connectivity index (χ0) is 24.6. The number of phenolic OH excluding ortho intramolecular Hbond substituents is 1. The molecule has 10 nitrogen and oxygen atoms in total. The first-order valence-corrected chi connectivity index (χ1v) is 10.2. The van der Waals surface area contributed by atoms with Gasteiger partial charge in [0.25, 0.3) is 5.91 Å². The number of aliphatic hydroxyl groups is 1. The topological polar surface area (TPSA) is 170 Å². The number of rotatable bonds is 3.